The highest BCUT2D eigenvalue weighted by Gasteiger charge is 1.94. The molecule has 0 unspecified atom stereocenters. The zero-order valence-corrected chi connectivity index (χ0v) is 5.81. The summed E-state index contributed by atoms with van der Waals surface area (Å²) in [5.74, 6) is -0.820. The van der Waals surface area contributed by atoms with Crippen molar-refractivity contribution in [2.75, 3.05) is 0 Å². The van der Waals surface area contributed by atoms with Crippen molar-refractivity contribution in [2.24, 2.45) is 0 Å². The molecule has 0 atom stereocenters. The van der Waals surface area contributed by atoms with Gasteiger partial charge in [0.25, 0.3) is 0 Å². The molecule has 2 nitrogen and oxygen atoms in total. The quantitative estimate of drug-likeness (QED) is 0.702. The SMILES string of the molecule is C=C(I)CC(=O)O. The van der Waals surface area contributed by atoms with Crippen LogP contribution in [-0.4, -0.2) is 11.1 Å². The molecule has 0 aliphatic heterocycles. The van der Waals surface area contributed by atoms with E-state index >= 15 is 0 Å². The predicted octanol–water partition coefficient (Wildman–Crippen LogP) is 1.41. The van der Waals surface area contributed by atoms with Gasteiger partial charge in [0.05, 0.1) is 6.42 Å². The molecule has 0 bridgehead atoms. The minimum Gasteiger partial charge on any atom is -0.481 e. The molecule has 0 aromatic heterocycles. The largest absolute Gasteiger partial charge is 0.481 e. The second kappa shape index (κ2) is 3.01. The van der Waals surface area contributed by atoms with Gasteiger partial charge in [0.2, 0.25) is 0 Å². The van der Waals surface area contributed by atoms with E-state index in [0.717, 1.165) is 0 Å². The Labute approximate surface area is 55.4 Å². The van der Waals surface area contributed by atoms with E-state index in [4.69, 9.17) is 5.11 Å². The van der Waals surface area contributed by atoms with E-state index in [1.54, 1.807) is 0 Å². The number of carboxylic acids is 1. The smallest absolute Gasteiger partial charge is 0.308 e. The van der Waals surface area contributed by atoms with E-state index < -0.39 is 5.97 Å². The van der Waals surface area contributed by atoms with Crippen LogP contribution in [0, 0.1) is 0 Å². The van der Waals surface area contributed by atoms with Gasteiger partial charge in [0, 0.05) is 0 Å². The fourth-order valence-electron chi connectivity index (χ4n) is 0.164. The molecule has 0 amide bonds. The Kier molecular flexibility index (Phi) is 2.98. The van der Waals surface area contributed by atoms with Gasteiger partial charge in [0.15, 0.2) is 0 Å². The van der Waals surface area contributed by atoms with E-state index in [9.17, 15) is 4.79 Å². The maximum absolute atomic E-state index is 9.74. The lowest BCUT2D eigenvalue weighted by Crippen LogP contribution is -1.91. The van der Waals surface area contributed by atoms with Crippen molar-refractivity contribution < 1.29 is 9.90 Å². The first-order chi connectivity index (χ1) is 3.13. The van der Waals surface area contributed by atoms with Crippen molar-refractivity contribution in [3.05, 3.63) is 10.2 Å². The van der Waals surface area contributed by atoms with Crippen molar-refractivity contribution in [2.45, 2.75) is 6.42 Å². The number of carbonyl (C=O) groups is 1. The third kappa shape index (κ3) is 5.94. The molecular formula is C4H5IO2. The Balaban J connectivity index is 3.32. The molecule has 0 rings (SSSR count). The van der Waals surface area contributed by atoms with E-state index in [-0.39, 0.29) is 6.42 Å². The van der Waals surface area contributed by atoms with Crippen LogP contribution in [0.5, 0.6) is 0 Å². The van der Waals surface area contributed by atoms with Crippen LogP contribution in [0.2, 0.25) is 0 Å². The number of rotatable bonds is 2. The Morgan fingerprint density at radius 1 is 1.86 bits per heavy atom. The van der Waals surface area contributed by atoms with Crippen LogP contribution in [0.15, 0.2) is 10.2 Å². The molecule has 0 saturated heterocycles. The van der Waals surface area contributed by atoms with E-state index in [1.807, 2.05) is 22.6 Å². The van der Waals surface area contributed by atoms with Crippen molar-refractivity contribution in [3.63, 3.8) is 0 Å². The lowest BCUT2D eigenvalue weighted by molar-refractivity contribution is -0.136. The van der Waals surface area contributed by atoms with E-state index in [0.29, 0.717) is 3.58 Å². The molecule has 0 heterocycles. The molecule has 0 saturated carbocycles. The number of hydrogen-bond acceptors (Lipinski definition) is 1. The molecule has 0 aromatic rings. The maximum Gasteiger partial charge on any atom is 0.308 e. The van der Waals surface area contributed by atoms with Gasteiger partial charge in [-0.2, -0.15) is 0 Å². The molecule has 0 aliphatic carbocycles. The molecule has 3 heteroatoms. The van der Waals surface area contributed by atoms with E-state index in [2.05, 4.69) is 6.58 Å². The summed E-state index contributed by atoms with van der Waals surface area (Å²) in [6, 6.07) is 0. The van der Waals surface area contributed by atoms with Crippen LogP contribution >= 0.6 is 22.6 Å². The Morgan fingerprint density at radius 2 is 2.29 bits per heavy atom. The van der Waals surface area contributed by atoms with Gasteiger partial charge in [-0.15, -0.1) is 0 Å². The molecule has 1 N–H and O–H groups in total. The summed E-state index contributed by atoms with van der Waals surface area (Å²) in [5, 5.41) is 8.02. The van der Waals surface area contributed by atoms with Gasteiger partial charge in [-0.3, -0.25) is 4.79 Å². The summed E-state index contributed by atoms with van der Waals surface area (Å²) in [7, 11) is 0. The van der Waals surface area contributed by atoms with Crippen LogP contribution in [-0.2, 0) is 4.79 Å². The molecule has 0 aromatic carbocycles. The minimum absolute atomic E-state index is 0.0700. The Morgan fingerprint density at radius 3 is 2.29 bits per heavy atom. The highest BCUT2D eigenvalue weighted by molar-refractivity contribution is 14.1. The fraction of sp³-hybridized carbons (Fsp3) is 0.250. The van der Waals surface area contributed by atoms with Crippen molar-refractivity contribution in [3.8, 4) is 0 Å². The lowest BCUT2D eigenvalue weighted by atomic mass is 10.4. The van der Waals surface area contributed by atoms with E-state index in [1.165, 1.54) is 0 Å². The number of carboxylic acid groups (broad SMARTS) is 1. The number of hydrogen-bond donors (Lipinski definition) is 1. The summed E-state index contributed by atoms with van der Waals surface area (Å²) in [6.07, 6.45) is 0.0700. The summed E-state index contributed by atoms with van der Waals surface area (Å²) in [6.45, 7) is 3.40. The molecule has 40 valence electrons. The first kappa shape index (κ1) is 6.94. The van der Waals surface area contributed by atoms with Gasteiger partial charge in [0.1, 0.15) is 0 Å². The average molecular weight is 212 g/mol. The van der Waals surface area contributed by atoms with Crippen LogP contribution in [0.1, 0.15) is 6.42 Å². The zero-order valence-electron chi connectivity index (χ0n) is 3.65. The first-order valence-corrected chi connectivity index (χ1v) is 2.76. The topological polar surface area (TPSA) is 37.3 Å². The van der Waals surface area contributed by atoms with Gasteiger partial charge < -0.3 is 5.11 Å². The molecule has 0 fully saturated rings. The van der Waals surface area contributed by atoms with Crippen molar-refractivity contribution in [1.82, 2.24) is 0 Å². The van der Waals surface area contributed by atoms with Crippen molar-refractivity contribution >= 4 is 28.6 Å². The monoisotopic (exact) mass is 212 g/mol. The average Bonchev–Trinajstić information content (AvgIpc) is 1.27. The summed E-state index contributed by atoms with van der Waals surface area (Å²) >= 11 is 1.88. The highest BCUT2D eigenvalue weighted by atomic mass is 127. The fourth-order valence-corrected chi connectivity index (χ4v) is 0.490. The van der Waals surface area contributed by atoms with Crippen LogP contribution in [0.3, 0.4) is 0 Å². The summed E-state index contributed by atoms with van der Waals surface area (Å²) in [4.78, 5) is 9.74. The summed E-state index contributed by atoms with van der Waals surface area (Å²) in [5.41, 5.74) is 0. The third-order valence-electron chi connectivity index (χ3n) is 0.343. The van der Waals surface area contributed by atoms with Crippen molar-refractivity contribution in [1.29, 1.82) is 0 Å². The minimum atomic E-state index is -0.820. The molecule has 0 aliphatic rings. The molecule has 0 spiro atoms. The Bertz CT molecular complexity index is 85.9. The number of aliphatic carboxylic acids is 1. The number of halogens is 1. The molecule has 0 radical (unpaired) electrons. The van der Waals surface area contributed by atoms with Gasteiger partial charge in [-0.05, 0) is 26.2 Å². The zero-order chi connectivity index (χ0) is 5.86. The van der Waals surface area contributed by atoms with Crippen LogP contribution in [0.25, 0.3) is 0 Å². The third-order valence-corrected chi connectivity index (χ3v) is 0.724. The van der Waals surface area contributed by atoms with Gasteiger partial charge >= 0.3 is 5.97 Å². The highest BCUT2D eigenvalue weighted by Crippen LogP contribution is 2.05. The van der Waals surface area contributed by atoms with Gasteiger partial charge in [-0.1, -0.05) is 6.58 Å². The first-order valence-electron chi connectivity index (χ1n) is 1.68. The maximum atomic E-state index is 9.74. The second-order valence-corrected chi connectivity index (χ2v) is 2.61. The Hall–Kier alpha value is -0.0600. The lowest BCUT2D eigenvalue weighted by Gasteiger charge is -1.84. The predicted molar refractivity (Wildman–Crippen MR) is 35.4 cm³/mol. The summed E-state index contributed by atoms with van der Waals surface area (Å²) < 4.78 is 0.658. The van der Waals surface area contributed by atoms with Crippen LogP contribution < -0.4 is 0 Å². The standard InChI is InChI=1S/C4H5IO2/c1-3(5)2-4(6)7/h1-2H2,(H,6,7). The van der Waals surface area contributed by atoms with Gasteiger partial charge in [-0.25, -0.2) is 0 Å². The second-order valence-electron chi connectivity index (χ2n) is 1.09. The molecular weight excluding hydrogens is 207 g/mol. The normalized spacial score (nSPS) is 8.14. The van der Waals surface area contributed by atoms with Crippen LogP contribution in [0.4, 0.5) is 0 Å². The molecule has 7 heavy (non-hydrogen) atoms.